The minimum absolute atomic E-state index is 0.167. The van der Waals surface area contributed by atoms with Gasteiger partial charge in [0.2, 0.25) is 5.91 Å². The molecule has 0 saturated heterocycles. The summed E-state index contributed by atoms with van der Waals surface area (Å²) in [4.78, 5) is 24.4. The smallest absolute Gasteiger partial charge is 0.234 e. The second-order valence-corrected chi connectivity index (χ2v) is 7.89. The average molecular weight is 455 g/mol. The first kappa shape index (κ1) is 21.0. The van der Waals surface area contributed by atoms with Gasteiger partial charge >= 0.3 is 0 Å². The van der Waals surface area contributed by atoms with E-state index >= 15 is 0 Å². The van der Waals surface area contributed by atoms with E-state index in [0.29, 0.717) is 21.5 Å². The highest BCUT2D eigenvalue weighted by Crippen LogP contribution is 2.32. The molecule has 2 heterocycles. The maximum Gasteiger partial charge on any atom is 0.234 e. The van der Waals surface area contributed by atoms with Gasteiger partial charge in [0.1, 0.15) is 28.4 Å². The van der Waals surface area contributed by atoms with E-state index in [2.05, 4.69) is 20.3 Å². The molecule has 0 atom stereocenters. The van der Waals surface area contributed by atoms with Crippen molar-refractivity contribution in [3.8, 4) is 22.6 Å². The molecular formula is C22H19ClN4O3S. The molecule has 0 bridgehead atoms. The van der Waals surface area contributed by atoms with Crippen LogP contribution in [-0.2, 0) is 4.79 Å². The number of aromatic nitrogens is 3. The van der Waals surface area contributed by atoms with Crippen LogP contribution < -0.4 is 14.8 Å². The molecular weight excluding hydrogens is 436 g/mol. The normalized spacial score (nSPS) is 10.8. The summed E-state index contributed by atoms with van der Waals surface area (Å²) in [5, 5.41) is 3.96. The zero-order valence-electron chi connectivity index (χ0n) is 16.8. The summed E-state index contributed by atoms with van der Waals surface area (Å²) in [6.45, 7) is 0. The fraction of sp³-hybridized carbons (Fsp3) is 0.136. The van der Waals surface area contributed by atoms with Crippen molar-refractivity contribution in [2.75, 3.05) is 25.3 Å². The van der Waals surface area contributed by atoms with Crippen molar-refractivity contribution < 1.29 is 14.3 Å². The maximum absolute atomic E-state index is 12.4. The van der Waals surface area contributed by atoms with Crippen LogP contribution in [0.25, 0.3) is 22.2 Å². The number of H-pyrrole nitrogens is 1. The van der Waals surface area contributed by atoms with Gasteiger partial charge in [-0.15, -0.1) is 0 Å². The van der Waals surface area contributed by atoms with Crippen LogP contribution in [0.15, 0.2) is 60.0 Å². The zero-order chi connectivity index (χ0) is 21.8. The van der Waals surface area contributed by atoms with Crippen LogP contribution >= 0.6 is 23.4 Å². The molecule has 0 fully saturated rings. The number of amides is 1. The Morgan fingerprint density at radius 2 is 1.94 bits per heavy atom. The summed E-state index contributed by atoms with van der Waals surface area (Å²) in [6, 6.07) is 12.9. The van der Waals surface area contributed by atoms with Crippen LogP contribution in [-0.4, -0.2) is 40.8 Å². The lowest BCUT2D eigenvalue weighted by Gasteiger charge is -2.08. The number of aromatic amines is 1. The average Bonchev–Trinajstić information content (AvgIpc) is 3.23. The standard InChI is InChI=1S/C22H19ClN4O3S/c1-29-15-6-3-13(4-7-15)16-10-24-21-20(16)25-12-26-22(21)31-11-19(28)27-14-5-8-18(30-2)17(23)9-14/h3-10,12,24H,11H2,1-2H3,(H,27,28). The molecule has 9 heteroatoms. The van der Waals surface area contributed by atoms with Crippen molar-refractivity contribution in [1.29, 1.82) is 0 Å². The van der Waals surface area contributed by atoms with Crippen LogP contribution in [0.4, 0.5) is 5.69 Å². The first-order valence-corrected chi connectivity index (χ1v) is 10.7. The predicted octanol–water partition coefficient (Wildman–Crippen LogP) is 5.03. The number of anilines is 1. The number of nitrogens with one attached hydrogen (secondary N) is 2. The van der Waals surface area contributed by atoms with Crippen molar-refractivity contribution in [3.05, 3.63) is 60.0 Å². The summed E-state index contributed by atoms with van der Waals surface area (Å²) in [6.07, 6.45) is 3.40. The number of hydrogen-bond acceptors (Lipinski definition) is 6. The highest BCUT2D eigenvalue weighted by atomic mass is 35.5. The number of hydrogen-bond donors (Lipinski definition) is 2. The van der Waals surface area contributed by atoms with Crippen LogP contribution in [0, 0.1) is 0 Å². The van der Waals surface area contributed by atoms with Gasteiger partial charge in [0.25, 0.3) is 0 Å². The van der Waals surface area contributed by atoms with E-state index in [1.54, 1.807) is 32.4 Å². The van der Waals surface area contributed by atoms with Crippen molar-refractivity contribution in [3.63, 3.8) is 0 Å². The Balaban J connectivity index is 1.48. The molecule has 4 rings (SSSR count). The Morgan fingerprint density at radius 1 is 1.13 bits per heavy atom. The number of benzene rings is 2. The highest BCUT2D eigenvalue weighted by molar-refractivity contribution is 8.00. The molecule has 4 aromatic rings. The van der Waals surface area contributed by atoms with Crippen LogP contribution in [0.5, 0.6) is 11.5 Å². The number of rotatable bonds is 7. The van der Waals surface area contributed by atoms with Crippen LogP contribution in [0.3, 0.4) is 0 Å². The van der Waals surface area contributed by atoms with Gasteiger partial charge < -0.3 is 19.8 Å². The number of thioether (sulfide) groups is 1. The Hall–Kier alpha value is -3.23. The fourth-order valence-corrected chi connectivity index (χ4v) is 4.11. The van der Waals surface area contributed by atoms with Gasteiger partial charge in [-0.1, -0.05) is 35.5 Å². The van der Waals surface area contributed by atoms with Crippen molar-refractivity contribution in [2.45, 2.75) is 5.03 Å². The topological polar surface area (TPSA) is 89.1 Å². The van der Waals surface area contributed by atoms with Gasteiger partial charge in [-0.3, -0.25) is 4.79 Å². The molecule has 1 amide bonds. The van der Waals surface area contributed by atoms with Gasteiger partial charge in [-0.05, 0) is 35.9 Å². The van der Waals surface area contributed by atoms with E-state index in [4.69, 9.17) is 21.1 Å². The lowest BCUT2D eigenvalue weighted by Crippen LogP contribution is -2.14. The molecule has 2 aromatic carbocycles. The Morgan fingerprint density at radius 3 is 2.65 bits per heavy atom. The van der Waals surface area contributed by atoms with Gasteiger partial charge in [-0.2, -0.15) is 0 Å². The molecule has 158 valence electrons. The third-order valence-electron chi connectivity index (χ3n) is 4.61. The monoisotopic (exact) mass is 454 g/mol. The lowest BCUT2D eigenvalue weighted by molar-refractivity contribution is -0.113. The molecule has 0 aliphatic rings. The van der Waals surface area contributed by atoms with Crippen molar-refractivity contribution >= 4 is 46.0 Å². The minimum atomic E-state index is -0.167. The largest absolute Gasteiger partial charge is 0.497 e. The van der Waals surface area contributed by atoms with Gasteiger partial charge in [0.15, 0.2) is 0 Å². The quantitative estimate of drug-likeness (QED) is 0.301. The molecule has 0 aliphatic heterocycles. The summed E-state index contributed by atoms with van der Waals surface area (Å²) < 4.78 is 10.3. The lowest BCUT2D eigenvalue weighted by atomic mass is 10.1. The summed E-state index contributed by atoms with van der Waals surface area (Å²) in [5.41, 5.74) is 4.16. The van der Waals surface area contributed by atoms with Crippen LogP contribution in [0.1, 0.15) is 0 Å². The van der Waals surface area contributed by atoms with Gasteiger partial charge in [0, 0.05) is 17.4 Å². The second-order valence-electron chi connectivity index (χ2n) is 6.52. The SMILES string of the molecule is COc1ccc(-c2c[nH]c3c(SCC(=O)Nc4ccc(OC)c(Cl)c4)ncnc23)cc1. The Kier molecular flexibility index (Phi) is 6.29. The molecule has 7 nitrogen and oxygen atoms in total. The van der Waals surface area contributed by atoms with E-state index in [-0.39, 0.29) is 11.7 Å². The number of halogens is 1. The van der Waals surface area contributed by atoms with Crippen molar-refractivity contribution in [2.24, 2.45) is 0 Å². The molecule has 2 aromatic heterocycles. The maximum atomic E-state index is 12.4. The van der Waals surface area contributed by atoms with E-state index in [1.807, 2.05) is 30.5 Å². The minimum Gasteiger partial charge on any atom is -0.497 e. The predicted molar refractivity (Wildman–Crippen MR) is 123 cm³/mol. The molecule has 0 aliphatic carbocycles. The van der Waals surface area contributed by atoms with Gasteiger partial charge in [-0.25, -0.2) is 9.97 Å². The molecule has 2 N–H and O–H groups in total. The molecule has 0 radical (unpaired) electrons. The fourth-order valence-electron chi connectivity index (χ4n) is 3.09. The third-order valence-corrected chi connectivity index (χ3v) is 5.89. The number of carbonyl (C=O) groups excluding carboxylic acids is 1. The number of ether oxygens (including phenoxy) is 2. The molecule has 0 unspecified atom stereocenters. The number of fused-ring (bicyclic) bond motifs is 1. The summed E-state index contributed by atoms with van der Waals surface area (Å²) in [5.74, 6) is 1.36. The Labute approximate surface area is 188 Å². The number of nitrogens with zero attached hydrogens (tertiary/aromatic N) is 2. The van der Waals surface area contributed by atoms with E-state index in [0.717, 1.165) is 27.9 Å². The first-order valence-electron chi connectivity index (χ1n) is 9.31. The van der Waals surface area contributed by atoms with Crippen LogP contribution in [0.2, 0.25) is 5.02 Å². The summed E-state index contributed by atoms with van der Waals surface area (Å²) in [7, 11) is 3.18. The third kappa shape index (κ3) is 4.60. The van der Waals surface area contributed by atoms with E-state index in [1.165, 1.54) is 18.1 Å². The highest BCUT2D eigenvalue weighted by Gasteiger charge is 2.14. The van der Waals surface area contributed by atoms with Gasteiger partial charge in [0.05, 0.1) is 30.5 Å². The first-order chi connectivity index (χ1) is 15.1. The molecule has 31 heavy (non-hydrogen) atoms. The van der Waals surface area contributed by atoms with E-state index in [9.17, 15) is 4.79 Å². The molecule has 0 spiro atoms. The second kappa shape index (κ2) is 9.28. The Bertz CT molecular complexity index is 1230. The summed E-state index contributed by atoms with van der Waals surface area (Å²) >= 11 is 7.44. The molecule has 0 saturated carbocycles. The number of carbonyl (C=O) groups is 1. The van der Waals surface area contributed by atoms with E-state index < -0.39 is 0 Å². The number of methoxy groups -OCH3 is 2. The van der Waals surface area contributed by atoms with Crippen molar-refractivity contribution in [1.82, 2.24) is 15.0 Å². The zero-order valence-corrected chi connectivity index (χ0v) is 18.4.